The topological polar surface area (TPSA) is 96.7 Å². The van der Waals surface area contributed by atoms with E-state index in [9.17, 15) is 14.4 Å². The third-order valence-corrected chi connectivity index (χ3v) is 5.67. The minimum Gasteiger partial charge on any atom is -0.491 e. The first-order chi connectivity index (χ1) is 14.8. The minimum absolute atomic E-state index is 0.0360. The summed E-state index contributed by atoms with van der Waals surface area (Å²) in [5, 5.41) is 0.319. The van der Waals surface area contributed by atoms with Gasteiger partial charge in [0.15, 0.2) is 5.78 Å². The van der Waals surface area contributed by atoms with Crippen molar-refractivity contribution in [3.8, 4) is 5.75 Å². The number of rotatable bonds is 9. The van der Waals surface area contributed by atoms with Crippen molar-refractivity contribution in [1.82, 2.24) is 9.55 Å². The molecular weight excluding hydrogens is 420 g/mol. The summed E-state index contributed by atoms with van der Waals surface area (Å²) in [6.07, 6.45) is 1.36. The Hall–Kier alpha value is -3.04. The average molecular weight is 445 g/mol. The van der Waals surface area contributed by atoms with Gasteiger partial charge in [0, 0.05) is 12.7 Å². The second-order valence-electron chi connectivity index (χ2n) is 7.16. The summed E-state index contributed by atoms with van der Waals surface area (Å²) >= 11 is 1.10. The van der Waals surface area contributed by atoms with E-state index in [-0.39, 0.29) is 37.2 Å². The van der Waals surface area contributed by atoms with Crippen LogP contribution in [0.3, 0.4) is 0 Å². The SMILES string of the molecule is COCCOC(=O)c1sc2ncn(CC(=O)c3ccc(OC(C)C)cc3)c(=O)c2c1C. The number of Topliss-reactive ketones (excluding diaryl/α,β-unsaturated/α-hetero) is 1. The molecule has 0 bridgehead atoms. The van der Waals surface area contributed by atoms with Crippen molar-refractivity contribution in [3.05, 3.63) is 57.0 Å². The Balaban J connectivity index is 1.82. The van der Waals surface area contributed by atoms with E-state index in [2.05, 4.69) is 4.98 Å². The van der Waals surface area contributed by atoms with E-state index in [0.717, 1.165) is 11.3 Å². The highest BCUT2D eigenvalue weighted by molar-refractivity contribution is 7.20. The smallest absolute Gasteiger partial charge is 0.348 e. The van der Waals surface area contributed by atoms with Crippen molar-refractivity contribution >= 4 is 33.3 Å². The van der Waals surface area contributed by atoms with Crippen LogP contribution in [-0.2, 0) is 16.0 Å². The van der Waals surface area contributed by atoms with Crippen LogP contribution in [0.1, 0.15) is 39.4 Å². The van der Waals surface area contributed by atoms with Crippen molar-refractivity contribution < 1.29 is 23.8 Å². The lowest BCUT2D eigenvalue weighted by Crippen LogP contribution is -2.24. The Morgan fingerprint density at radius 3 is 2.52 bits per heavy atom. The molecule has 0 fully saturated rings. The summed E-state index contributed by atoms with van der Waals surface area (Å²) in [5.74, 6) is -0.0830. The summed E-state index contributed by atoms with van der Waals surface area (Å²) in [6, 6.07) is 6.78. The molecule has 0 saturated carbocycles. The number of aryl methyl sites for hydroxylation is 1. The molecule has 164 valence electrons. The molecule has 0 amide bonds. The van der Waals surface area contributed by atoms with Crippen molar-refractivity contribution in [2.24, 2.45) is 0 Å². The second kappa shape index (κ2) is 9.84. The first-order valence-corrected chi connectivity index (χ1v) is 10.6. The van der Waals surface area contributed by atoms with Crippen LogP contribution in [0, 0.1) is 6.92 Å². The number of benzene rings is 1. The number of esters is 1. The first kappa shape index (κ1) is 22.6. The number of thiophene rings is 1. The molecule has 3 aromatic rings. The van der Waals surface area contributed by atoms with E-state index in [4.69, 9.17) is 14.2 Å². The predicted octanol–water partition coefficient (Wildman–Crippen LogP) is 3.24. The minimum atomic E-state index is -0.525. The van der Waals surface area contributed by atoms with E-state index < -0.39 is 5.97 Å². The largest absolute Gasteiger partial charge is 0.491 e. The monoisotopic (exact) mass is 444 g/mol. The molecule has 0 aliphatic carbocycles. The maximum atomic E-state index is 13.0. The van der Waals surface area contributed by atoms with Crippen LogP contribution in [-0.4, -0.2) is 47.7 Å². The first-order valence-electron chi connectivity index (χ1n) is 9.76. The summed E-state index contributed by atoms with van der Waals surface area (Å²) in [7, 11) is 1.51. The number of carbonyl (C=O) groups excluding carboxylic acids is 2. The number of ketones is 1. The molecule has 9 heteroatoms. The molecule has 0 spiro atoms. The van der Waals surface area contributed by atoms with Crippen LogP contribution < -0.4 is 10.3 Å². The van der Waals surface area contributed by atoms with E-state index in [0.29, 0.717) is 32.0 Å². The van der Waals surface area contributed by atoms with Gasteiger partial charge in [-0.3, -0.25) is 14.2 Å². The van der Waals surface area contributed by atoms with Crippen molar-refractivity contribution in [2.45, 2.75) is 33.4 Å². The van der Waals surface area contributed by atoms with Crippen LogP contribution >= 0.6 is 11.3 Å². The normalized spacial score (nSPS) is 11.1. The number of carbonyl (C=O) groups is 2. The molecule has 2 aromatic heterocycles. The highest BCUT2D eigenvalue weighted by atomic mass is 32.1. The number of nitrogens with zero attached hydrogens (tertiary/aromatic N) is 2. The van der Waals surface area contributed by atoms with Gasteiger partial charge in [0.2, 0.25) is 0 Å². The number of ether oxygens (including phenoxy) is 3. The second-order valence-corrected chi connectivity index (χ2v) is 8.16. The predicted molar refractivity (Wildman–Crippen MR) is 117 cm³/mol. The van der Waals surface area contributed by atoms with Crippen LogP contribution in [0.2, 0.25) is 0 Å². The van der Waals surface area contributed by atoms with Crippen LogP contribution in [0.5, 0.6) is 5.75 Å². The van der Waals surface area contributed by atoms with E-state index >= 15 is 0 Å². The lowest BCUT2D eigenvalue weighted by molar-refractivity contribution is 0.0393. The zero-order chi connectivity index (χ0) is 22.5. The van der Waals surface area contributed by atoms with Gasteiger partial charge in [-0.25, -0.2) is 9.78 Å². The fourth-order valence-electron chi connectivity index (χ4n) is 2.99. The van der Waals surface area contributed by atoms with Gasteiger partial charge >= 0.3 is 5.97 Å². The fourth-order valence-corrected chi connectivity index (χ4v) is 4.02. The Morgan fingerprint density at radius 2 is 1.87 bits per heavy atom. The zero-order valence-electron chi connectivity index (χ0n) is 17.8. The van der Waals surface area contributed by atoms with Crippen LogP contribution in [0.25, 0.3) is 10.2 Å². The lowest BCUT2D eigenvalue weighted by atomic mass is 10.1. The number of aromatic nitrogens is 2. The molecule has 0 radical (unpaired) electrons. The molecular formula is C22H24N2O6S. The quantitative estimate of drug-likeness (QED) is 0.284. The van der Waals surface area contributed by atoms with Gasteiger partial charge in [-0.15, -0.1) is 11.3 Å². The Bertz CT molecular complexity index is 1150. The zero-order valence-corrected chi connectivity index (χ0v) is 18.7. The number of hydrogen-bond acceptors (Lipinski definition) is 8. The molecule has 0 saturated heterocycles. The van der Waals surface area contributed by atoms with Gasteiger partial charge in [-0.1, -0.05) is 0 Å². The summed E-state index contributed by atoms with van der Waals surface area (Å²) in [4.78, 5) is 43.0. The molecule has 0 aliphatic rings. The number of fused-ring (bicyclic) bond motifs is 1. The van der Waals surface area contributed by atoms with E-state index in [1.54, 1.807) is 31.2 Å². The molecule has 31 heavy (non-hydrogen) atoms. The highest BCUT2D eigenvalue weighted by Gasteiger charge is 2.21. The Morgan fingerprint density at radius 1 is 1.16 bits per heavy atom. The van der Waals surface area contributed by atoms with Gasteiger partial charge in [0.25, 0.3) is 5.56 Å². The molecule has 0 unspecified atom stereocenters. The van der Waals surface area contributed by atoms with Crippen molar-refractivity contribution in [2.75, 3.05) is 20.3 Å². The van der Waals surface area contributed by atoms with Gasteiger partial charge in [-0.2, -0.15) is 0 Å². The van der Waals surface area contributed by atoms with Crippen LogP contribution in [0.4, 0.5) is 0 Å². The van der Waals surface area contributed by atoms with E-state index in [1.807, 2.05) is 13.8 Å². The fraction of sp³-hybridized carbons (Fsp3) is 0.364. The third kappa shape index (κ3) is 5.18. The molecule has 0 N–H and O–H groups in total. The van der Waals surface area contributed by atoms with Crippen LogP contribution in [0.15, 0.2) is 35.4 Å². The average Bonchev–Trinajstić information content (AvgIpc) is 3.07. The highest BCUT2D eigenvalue weighted by Crippen LogP contribution is 2.27. The standard InChI is InChI=1S/C22H24N2O6S/c1-13(2)30-16-7-5-15(6-8-16)17(25)11-24-12-23-20-18(21(24)26)14(3)19(31-20)22(27)29-10-9-28-4/h5-8,12-13H,9-11H2,1-4H3. The van der Waals surface area contributed by atoms with Gasteiger partial charge < -0.3 is 14.2 Å². The Labute approximate surface area is 183 Å². The molecule has 2 heterocycles. The summed E-state index contributed by atoms with van der Waals surface area (Å²) in [5.41, 5.74) is 0.590. The van der Waals surface area contributed by atoms with E-state index in [1.165, 1.54) is 18.0 Å². The molecule has 0 atom stereocenters. The number of methoxy groups -OCH3 is 1. The molecule has 0 aliphatic heterocycles. The number of hydrogen-bond donors (Lipinski definition) is 0. The maximum Gasteiger partial charge on any atom is 0.348 e. The van der Waals surface area contributed by atoms with Crippen molar-refractivity contribution in [3.63, 3.8) is 0 Å². The summed E-state index contributed by atoms with van der Waals surface area (Å²) in [6.45, 7) is 5.77. The van der Waals surface area contributed by atoms with Crippen molar-refractivity contribution in [1.29, 1.82) is 0 Å². The van der Waals surface area contributed by atoms with Gasteiger partial charge in [0.05, 0.1) is 31.0 Å². The third-order valence-electron chi connectivity index (χ3n) is 4.49. The van der Waals surface area contributed by atoms with Gasteiger partial charge in [0.1, 0.15) is 22.1 Å². The molecule has 3 rings (SSSR count). The lowest BCUT2D eigenvalue weighted by Gasteiger charge is -2.10. The molecule has 8 nitrogen and oxygen atoms in total. The summed E-state index contributed by atoms with van der Waals surface area (Å²) < 4.78 is 16.9. The molecule has 1 aromatic carbocycles. The van der Waals surface area contributed by atoms with Gasteiger partial charge in [-0.05, 0) is 50.6 Å². The maximum absolute atomic E-state index is 13.0. The Kier molecular flexibility index (Phi) is 7.19.